The molecule has 0 saturated carbocycles. The number of rotatable bonds is 3. The summed E-state index contributed by atoms with van der Waals surface area (Å²) in [6, 6.07) is 4.41. The van der Waals surface area contributed by atoms with E-state index >= 15 is 0 Å². The zero-order valence-corrected chi connectivity index (χ0v) is 23.0. The van der Waals surface area contributed by atoms with Crippen molar-refractivity contribution in [1.29, 1.82) is 0 Å². The standard InChI is InChI=1S/C26H28B4N4O6/c1-24(2,3)40-23(38)34-25(27,28)13-16(14-26(34,29)30)39-12-6-8-15-7-5-9-17-20(15)32(4)22(37)33(17)18-10-11-19(35)31-21(18)36/h5,7,9,16,18H,10-14H2,1-4H3,(H,31,35,36). The molecular formula is C26H28B4N4O6. The van der Waals surface area contributed by atoms with Crippen LogP contribution >= 0.6 is 0 Å². The van der Waals surface area contributed by atoms with Crippen LogP contribution < -0.4 is 11.0 Å². The third kappa shape index (κ3) is 5.90. The van der Waals surface area contributed by atoms with Crippen molar-refractivity contribution >= 4 is 60.3 Å². The minimum atomic E-state index is -1.73. The lowest BCUT2D eigenvalue weighted by Crippen LogP contribution is -2.70. The second-order valence-electron chi connectivity index (χ2n) is 11.3. The third-order valence-corrected chi connectivity index (χ3v) is 6.76. The predicted molar refractivity (Wildman–Crippen MR) is 151 cm³/mol. The van der Waals surface area contributed by atoms with Gasteiger partial charge in [-0.25, -0.2) is 9.59 Å². The van der Waals surface area contributed by atoms with Gasteiger partial charge in [0.15, 0.2) is 0 Å². The number of aryl methyl sites for hydroxylation is 1. The summed E-state index contributed by atoms with van der Waals surface area (Å²) >= 11 is 0. The normalized spacial score (nSPS) is 21.0. The van der Waals surface area contributed by atoms with Crippen LogP contribution in [0.3, 0.4) is 0 Å². The van der Waals surface area contributed by atoms with Gasteiger partial charge in [0.25, 0.3) is 0 Å². The molecule has 2 saturated heterocycles. The van der Waals surface area contributed by atoms with Gasteiger partial charge in [0.2, 0.25) is 11.8 Å². The molecule has 200 valence electrons. The Morgan fingerprint density at radius 1 is 1.12 bits per heavy atom. The number of piperidine rings is 2. The predicted octanol–water partition coefficient (Wildman–Crippen LogP) is 0.0669. The van der Waals surface area contributed by atoms with Crippen molar-refractivity contribution in [2.24, 2.45) is 7.05 Å². The number of benzene rings is 1. The first-order chi connectivity index (χ1) is 18.5. The van der Waals surface area contributed by atoms with Crippen molar-refractivity contribution in [3.63, 3.8) is 0 Å². The van der Waals surface area contributed by atoms with E-state index in [1.54, 1.807) is 46.0 Å². The highest BCUT2D eigenvalue weighted by atomic mass is 16.6. The van der Waals surface area contributed by atoms with Gasteiger partial charge in [0.1, 0.15) is 18.2 Å². The van der Waals surface area contributed by atoms with Crippen LogP contribution in [0.5, 0.6) is 0 Å². The highest BCUT2D eigenvalue weighted by molar-refractivity contribution is 6.45. The minimum absolute atomic E-state index is 0.0307. The number of carbonyl (C=O) groups is 3. The summed E-state index contributed by atoms with van der Waals surface area (Å²) in [5, 5.41) is -1.17. The second kappa shape index (κ2) is 10.6. The van der Waals surface area contributed by atoms with Gasteiger partial charge in [0, 0.05) is 13.5 Å². The molecule has 0 bridgehead atoms. The van der Waals surface area contributed by atoms with Crippen molar-refractivity contribution in [3.05, 3.63) is 34.2 Å². The zero-order chi connectivity index (χ0) is 29.6. The van der Waals surface area contributed by atoms with Crippen LogP contribution in [0.4, 0.5) is 4.79 Å². The van der Waals surface area contributed by atoms with Crippen molar-refractivity contribution in [2.45, 2.75) is 74.9 Å². The van der Waals surface area contributed by atoms with Crippen LogP contribution in [0.15, 0.2) is 23.0 Å². The maximum Gasteiger partial charge on any atom is 0.408 e. The molecule has 2 fully saturated rings. The van der Waals surface area contributed by atoms with Crippen LogP contribution in [0.1, 0.15) is 58.1 Å². The van der Waals surface area contributed by atoms with Crippen molar-refractivity contribution < 1.29 is 23.9 Å². The lowest BCUT2D eigenvalue weighted by atomic mass is 9.46. The molecule has 0 aliphatic carbocycles. The molecule has 4 rings (SSSR count). The first-order valence-electron chi connectivity index (χ1n) is 12.8. The molecule has 0 spiro atoms. The van der Waals surface area contributed by atoms with Gasteiger partial charge >= 0.3 is 11.8 Å². The largest absolute Gasteiger partial charge is 0.444 e. The number of hydrogen-bond donors (Lipinski definition) is 1. The Morgan fingerprint density at radius 3 is 2.38 bits per heavy atom. The number of fused-ring (bicyclic) bond motifs is 1. The summed E-state index contributed by atoms with van der Waals surface area (Å²) < 4.78 is 14.1. The number of imidazole rings is 1. The van der Waals surface area contributed by atoms with Crippen molar-refractivity contribution in [1.82, 2.24) is 19.4 Å². The molecule has 2 aliphatic heterocycles. The van der Waals surface area contributed by atoms with E-state index in [4.69, 9.17) is 40.9 Å². The van der Waals surface area contributed by atoms with E-state index in [1.165, 1.54) is 9.13 Å². The van der Waals surface area contributed by atoms with Crippen LogP contribution in [0.25, 0.3) is 11.0 Å². The van der Waals surface area contributed by atoms with Crippen LogP contribution in [-0.4, -0.2) is 92.3 Å². The molecule has 40 heavy (non-hydrogen) atoms. The molecule has 1 unspecified atom stereocenters. The van der Waals surface area contributed by atoms with E-state index in [0.717, 1.165) is 4.90 Å². The maximum absolute atomic E-state index is 13.1. The topological polar surface area (TPSA) is 112 Å². The molecule has 14 heteroatoms. The number of carbonyl (C=O) groups excluding carboxylic acids is 3. The molecule has 10 nitrogen and oxygen atoms in total. The number of hydrogen-bond acceptors (Lipinski definition) is 6. The fraction of sp³-hybridized carbons (Fsp3) is 0.538. The lowest BCUT2D eigenvalue weighted by Gasteiger charge is -2.56. The Hall–Kier alpha value is -3.32. The van der Waals surface area contributed by atoms with E-state index in [1.807, 2.05) is 0 Å². The number of ether oxygens (including phenoxy) is 2. The highest BCUT2D eigenvalue weighted by Crippen LogP contribution is 2.35. The van der Waals surface area contributed by atoms with Gasteiger partial charge < -0.3 is 14.4 Å². The molecule has 2 aliphatic rings. The number of nitrogens with zero attached hydrogens (tertiary/aromatic N) is 3. The quantitative estimate of drug-likeness (QED) is 0.338. The Bertz CT molecular complexity index is 1460. The molecule has 2 aromatic rings. The van der Waals surface area contributed by atoms with E-state index in [9.17, 15) is 19.2 Å². The summed E-state index contributed by atoms with van der Waals surface area (Å²) in [5.41, 5.74) is 0.417. The molecule has 1 atom stereocenters. The number of likely N-dealkylation sites (tertiary alicyclic amines) is 1. The second-order valence-corrected chi connectivity index (χ2v) is 11.3. The first-order valence-corrected chi connectivity index (χ1v) is 12.8. The van der Waals surface area contributed by atoms with Gasteiger partial charge in [-0.1, -0.05) is 17.9 Å². The van der Waals surface area contributed by atoms with Crippen molar-refractivity contribution in [2.75, 3.05) is 6.61 Å². The van der Waals surface area contributed by atoms with Gasteiger partial charge in [-0.15, -0.1) is 0 Å². The van der Waals surface area contributed by atoms with Gasteiger partial charge in [-0.3, -0.25) is 24.0 Å². The smallest absolute Gasteiger partial charge is 0.408 e. The maximum atomic E-state index is 13.1. The van der Waals surface area contributed by atoms with Crippen LogP contribution in [0, 0.1) is 11.8 Å². The van der Waals surface area contributed by atoms with Gasteiger partial charge in [-0.2, -0.15) is 0 Å². The highest BCUT2D eigenvalue weighted by Gasteiger charge is 2.47. The van der Waals surface area contributed by atoms with Crippen LogP contribution in [0.2, 0.25) is 0 Å². The first kappa shape index (κ1) is 29.7. The summed E-state index contributed by atoms with van der Waals surface area (Å²) in [6.07, 6.45) is -0.998. The van der Waals surface area contributed by atoms with E-state index in [0.29, 0.717) is 16.6 Å². The summed E-state index contributed by atoms with van der Waals surface area (Å²) in [5.74, 6) is 5.06. The summed E-state index contributed by atoms with van der Waals surface area (Å²) in [4.78, 5) is 50.8. The molecule has 8 radical (unpaired) electrons. The molecule has 1 aromatic heterocycles. The number of aromatic nitrogens is 2. The summed E-state index contributed by atoms with van der Waals surface area (Å²) in [6.45, 7) is 5.06. The van der Waals surface area contributed by atoms with Crippen molar-refractivity contribution in [3.8, 4) is 11.8 Å². The molecule has 3 heterocycles. The Kier molecular flexibility index (Phi) is 7.85. The Balaban J connectivity index is 1.51. The molecule has 1 N–H and O–H groups in total. The Morgan fingerprint density at radius 2 is 1.77 bits per heavy atom. The van der Waals surface area contributed by atoms with E-state index in [-0.39, 0.29) is 38.2 Å². The number of nitrogens with one attached hydrogen (secondary N) is 1. The lowest BCUT2D eigenvalue weighted by molar-refractivity contribution is -0.135. The third-order valence-electron chi connectivity index (χ3n) is 6.76. The molecule has 1 aromatic carbocycles. The fourth-order valence-electron chi connectivity index (χ4n) is 5.20. The molecule has 3 amide bonds. The summed E-state index contributed by atoms with van der Waals surface area (Å²) in [7, 11) is 26.5. The fourth-order valence-corrected chi connectivity index (χ4v) is 5.20. The Labute approximate surface area is 238 Å². The average molecular weight is 536 g/mol. The minimum Gasteiger partial charge on any atom is -0.444 e. The van der Waals surface area contributed by atoms with Crippen LogP contribution in [-0.2, 0) is 26.1 Å². The number of imide groups is 1. The van der Waals surface area contributed by atoms with E-state index in [2.05, 4.69) is 17.2 Å². The monoisotopic (exact) mass is 536 g/mol. The van der Waals surface area contributed by atoms with Gasteiger partial charge in [-0.05, 0) is 62.8 Å². The number of para-hydroxylation sites is 1. The number of amides is 3. The SMILES string of the molecule is [B]C1([B])CC(OCC#Cc2cccc3c2n(C)c(=O)n3C2CCC(=O)NC2=O)CC([B])([B])N1C(=O)OC(C)(C)C. The zero-order valence-electron chi connectivity index (χ0n) is 23.0. The molecular weight excluding hydrogens is 508 g/mol. The van der Waals surface area contributed by atoms with Gasteiger partial charge in [0.05, 0.1) is 54.1 Å². The van der Waals surface area contributed by atoms with E-state index < -0.39 is 46.1 Å². The average Bonchev–Trinajstić information content (AvgIpc) is 3.04.